The van der Waals surface area contributed by atoms with Crippen molar-refractivity contribution in [3.05, 3.63) is 66.7 Å². The summed E-state index contributed by atoms with van der Waals surface area (Å²) in [5.41, 5.74) is 4.77. The maximum atomic E-state index is 6.21. The molecule has 0 spiro atoms. The number of benzene rings is 3. The first-order valence-corrected chi connectivity index (χ1v) is 11.4. The Labute approximate surface area is 187 Å². The molecule has 3 aromatic carbocycles. The lowest BCUT2D eigenvalue weighted by atomic mass is 9.96. The average Bonchev–Trinajstić information content (AvgIpc) is 3.48. The summed E-state index contributed by atoms with van der Waals surface area (Å²) < 4.78 is 11.3. The molecule has 0 radical (unpaired) electrons. The summed E-state index contributed by atoms with van der Waals surface area (Å²) >= 11 is 0. The molecule has 0 saturated carbocycles. The van der Waals surface area contributed by atoms with Gasteiger partial charge in [0.25, 0.3) is 0 Å². The molecule has 2 aliphatic heterocycles. The third kappa shape index (κ3) is 3.71. The fraction of sp³-hybridized carbons (Fsp3) is 0.308. The molecule has 32 heavy (non-hydrogen) atoms. The van der Waals surface area contributed by atoms with Crippen LogP contribution in [0.25, 0.3) is 22.2 Å². The van der Waals surface area contributed by atoms with E-state index in [-0.39, 0.29) is 0 Å². The van der Waals surface area contributed by atoms with Gasteiger partial charge in [0.1, 0.15) is 17.0 Å². The Morgan fingerprint density at radius 1 is 0.906 bits per heavy atom. The van der Waals surface area contributed by atoms with Crippen LogP contribution >= 0.6 is 0 Å². The van der Waals surface area contributed by atoms with Crippen molar-refractivity contribution in [3.8, 4) is 22.6 Å². The Kier molecular flexibility index (Phi) is 5.00. The van der Waals surface area contributed by atoms with Gasteiger partial charge in [-0.05, 0) is 72.1 Å². The van der Waals surface area contributed by atoms with Crippen LogP contribution in [0.1, 0.15) is 12.8 Å². The number of hydrogen-bond donors (Lipinski definition) is 0. The van der Waals surface area contributed by atoms with Gasteiger partial charge in [0.2, 0.25) is 0 Å². The van der Waals surface area contributed by atoms with Crippen molar-refractivity contribution in [2.45, 2.75) is 12.8 Å². The lowest BCUT2D eigenvalue weighted by Gasteiger charge is -2.42. The number of anilines is 1. The van der Waals surface area contributed by atoms with E-state index in [2.05, 4.69) is 32.2 Å². The highest BCUT2D eigenvalue weighted by molar-refractivity contribution is 5.93. The molecule has 0 aliphatic carbocycles. The molecule has 6 heteroatoms. The summed E-state index contributed by atoms with van der Waals surface area (Å²) in [6.45, 7) is 5.79. The van der Waals surface area contributed by atoms with E-state index in [1.165, 1.54) is 32.5 Å². The topological polar surface area (TPSA) is 54.6 Å². The number of rotatable bonds is 6. The maximum Gasteiger partial charge on any atom is 0.158 e. The number of hydrogen-bond acceptors (Lipinski definition) is 6. The first kappa shape index (κ1) is 19.3. The second-order valence-electron chi connectivity index (χ2n) is 8.82. The van der Waals surface area contributed by atoms with Crippen LogP contribution in [0.3, 0.4) is 0 Å². The van der Waals surface area contributed by atoms with Gasteiger partial charge in [0.15, 0.2) is 5.52 Å². The Hall–Kier alpha value is -3.38. The molecule has 0 unspecified atom stereocenters. The zero-order valence-electron chi connectivity index (χ0n) is 18.0. The van der Waals surface area contributed by atoms with Crippen molar-refractivity contribution >= 4 is 16.7 Å². The molecule has 0 N–H and O–H groups in total. The molecule has 0 atom stereocenters. The molecule has 3 heterocycles. The molecule has 4 aromatic rings. The lowest BCUT2D eigenvalue weighted by molar-refractivity contribution is 0.247. The van der Waals surface area contributed by atoms with E-state index in [9.17, 15) is 0 Å². The number of aromatic nitrogens is 2. The normalized spacial score (nSPS) is 17.1. The Balaban J connectivity index is 1.30. The van der Waals surface area contributed by atoms with Crippen LogP contribution in [0, 0.1) is 5.92 Å². The number of para-hydroxylation sites is 2. The van der Waals surface area contributed by atoms with E-state index >= 15 is 0 Å². The van der Waals surface area contributed by atoms with Crippen LogP contribution < -0.4 is 9.64 Å². The van der Waals surface area contributed by atoms with Crippen LogP contribution in [0.4, 0.5) is 5.69 Å². The summed E-state index contributed by atoms with van der Waals surface area (Å²) in [4.78, 5) is 5.00. The molecule has 6 nitrogen and oxygen atoms in total. The molecular formula is C26H26N4O2. The van der Waals surface area contributed by atoms with E-state index in [1.54, 1.807) is 0 Å². The van der Waals surface area contributed by atoms with Crippen LogP contribution in [-0.4, -0.2) is 47.9 Å². The largest absolute Gasteiger partial charge is 0.457 e. The van der Waals surface area contributed by atoms with Crippen molar-refractivity contribution in [2.75, 3.05) is 37.6 Å². The van der Waals surface area contributed by atoms with Crippen molar-refractivity contribution < 1.29 is 9.37 Å². The molecule has 6 rings (SSSR count). The molecule has 2 fully saturated rings. The fourth-order valence-corrected chi connectivity index (χ4v) is 4.89. The molecule has 0 amide bonds. The van der Waals surface area contributed by atoms with Crippen LogP contribution in [0.2, 0.25) is 0 Å². The summed E-state index contributed by atoms with van der Waals surface area (Å²) in [6.07, 6.45) is 2.68. The van der Waals surface area contributed by atoms with Crippen molar-refractivity contribution in [3.63, 3.8) is 0 Å². The lowest BCUT2D eigenvalue weighted by Crippen LogP contribution is -2.51. The zero-order chi connectivity index (χ0) is 21.3. The highest BCUT2D eigenvalue weighted by atomic mass is 16.6. The van der Waals surface area contributed by atoms with Gasteiger partial charge >= 0.3 is 0 Å². The van der Waals surface area contributed by atoms with Gasteiger partial charge in [-0.2, -0.15) is 0 Å². The summed E-state index contributed by atoms with van der Waals surface area (Å²) in [6, 6.07) is 22.2. The molecule has 162 valence electrons. The average molecular weight is 427 g/mol. The molecule has 2 saturated heterocycles. The monoisotopic (exact) mass is 426 g/mol. The summed E-state index contributed by atoms with van der Waals surface area (Å²) in [5, 5.41) is 8.37. The minimum Gasteiger partial charge on any atom is -0.457 e. The number of fused-ring (bicyclic) bond motifs is 1. The first-order valence-electron chi connectivity index (χ1n) is 11.4. The van der Waals surface area contributed by atoms with Gasteiger partial charge in [-0.15, -0.1) is 0 Å². The molecular weight excluding hydrogens is 400 g/mol. The smallest absolute Gasteiger partial charge is 0.158 e. The highest BCUT2D eigenvalue weighted by Crippen LogP contribution is 2.39. The van der Waals surface area contributed by atoms with Crippen molar-refractivity contribution in [2.24, 2.45) is 5.92 Å². The van der Waals surface area contributed by atoms with E-state index in [4.69, 9.17) is 9.37 Å². The molecule has 1 aromatic heterocycles. The molecule has 0 bridgehead atoms. The van der Waals surface area contributed by atoms with Crippen molar-refractivity contribution in [1.29, 1.82) is 0 Å². The van der Waals surface area contributed by atoms with Gasteiger partial charge in [0, 0.05) is 31.1 Å². The van der Waals surface area contributed by atoms with Gasteiger partial charge in [-0.3, -0.25) is 0 Å². The Morgan fingerprint density at radius 3 is 2.53 bits per heavy atom. The second kappa shape index (κ2) is 8.28. The second-order valence-corrected chi connectivity index (χ2v) is 8.82. The third-order valence-electron chi connectivity index (χ3n) is 6.52. The maximum absolute atomic E-state index is 6.21. The van der Waals surface area contributed by atoms with E-state index < -0.39 is 0 Å². The quantitative estimate of drug-likeness (QED) is 0.422. The number of likely N-dealkylation sites (tertiary alicyclic amines) is 1. The zero-order valence-corrected chi connectivity index (χ0v) is 18.0. The van der Waals surface area contributed by atoms with Gasteiger partial charge in [-0.25, -0.2) is 4.63 Å². The summed E-state index contributed by atoms with van der Waals surface area (Å²) in [7, 11) is 0. The summed E-state index contributed by atoms with van der Waals surface area (Å²) in [5.74, 6) is 2.34. The number of nitrogens with zero attached hydrogens (tertiary/aromatic N) is 4. The first-order chi connectivity index (χ1) is 15.8. The number of ether oxygens (including phenoxy) is 1. The van der Waals surface area contributed by atoms with E-state index in [1.807, 2.05) is 54.6 Å². The van der Waals surface area contributed by atoms with Crippen molar-refractivity contribution in [1.82, 2.24) is 15.2 Å². The van der Waals surface area contributed by atoms with Crippen LogP contribution in [-0.2, 0) is 0 Å². The van der Waals surface area contributed by atoms with E-state index in [0.29, 0.717) is 5.92 Å². The predicted molar refractivity (Wildman–Crippen MR) is 125 cm³/mol. The van der Waals surface area contributed by atoms with Crippen LogP contribution in [0.15, 0.2) is 71.4 Å². The SMILES string of the molecule is c1ccc(Oc2ccccc2-c2cc(N3CC(CN4CCCC4)C3)c3nonc3c2)cc1. The highest BCUT2D eigenvalue weighted by Gasteiger charge is 2.31. The van der Waals surface area contributed by atoms with Gasteiger partial charge in [0.05, 0.1) is 5.69 Å². The minimum absolute atomic E-state index is 0.709. The van der Waals surface area contributed by atoms with E-state index in [0.717, 1.165) is 52.4 Å². The standard InChI is InChI=1S/C26H26N4O2/c1-2-8-21(9-3-1)31-25-11-5-4-10-22(25)20-14-23-26(28-32-27-23)24(15-20)30-17-19(18-30)16-29-12-6-7-13-29/h1-5,8-11,14-15,19H,6-7,12-13,16-18H2. The van der Waals surface area contributed by atoms with Gasteiger partial charge in [-0.1, -0.05) is 36.4 Å². The fourth-order valence-electron chi connectivity index (χ4n) is 4.89. The third-order valence-corrected chi connectivity index (χ3v) is 6.52. The van der Waals surface area contributed by atoms with Crippen LogP contribution in [0.5, 0.6) is 11.5 Å². The minimum atomic E-state index is 0.709. The Morgan fingerprint density at radius 2 is 1.69 bits per heavy atom. The predicted octanol–water partition coefficient (Wildman–Crippen LogP) is 5.21. The Bertz CT molecular complexity index is 1210. The van der Waals surface area contributed by atoms with Gasteiger partial charge < -0.3 is 14.5 Å². The molecule has 2 aliphatic rings.